The topological polar surface area (TPSA) is 96.7 Å². The molecule has 1 unspecified atom stereocenters. The molecule has 0 aliphatic rings. The largest absolute Gasteiger partial charge is 0.444 e. The summed E-state index contributed by atoms with van der Waals surface area (Å²) >= 11 is 0. The van der Waals surface area contributed by atoms with Crippen molar-refractivity contribution in [2.24, 2.45) is 10.9 Å². The molecule has 0 aromatic carbocycles. The van der Waals surface area contributed by atoms with Gasteiger partial charge in [-0.05, 0) is 26.7 Å². The van der Waals surface area contributed by atoms with Gasteiger partial charge in [0.05, 0.1) is 0 Å². The minimum absolute atomic E-state index is 0.241. The van der Waals surface area contributed by atoms with Crippen molar-refractivity contribution in [1.82, 2.24) is 30.3 Å². The van der Waals surface area contributed by atoms with Gasteiger partial charge in [0.1, 0.15) is 17.8 Å². The van der Waals surface area contributed by atoms with Gasteiger partial charge in [-0.25, -0.2) is 4.79 Å². The number of hydrogen-bond acceptors (Lipinski definition) is 5. The van der Waals surface area contributed by atoms with Crippen molar-refractivity contribution >= 4 is 12.1 Å². The van der Waals surface area contributed by atoms with Gasteiger partial charge >= 0.3 is 6.09 Å². The van der Waals surface area contributed by atoms with Gasteiger partial charge in [-0.1, -0.05) is 13.8 Å². The molecular weight excluding hydrogens is 346 g/mol. The number of amides is 1. The number of carbonyl (C=O) groups is 1. The molecule has 0 aliphatic carbocycles. The van der Waals surface area contributed by atoms with E-state index < -0.39 is 5.60 Å². The van der Waals surface area contributed by atoms with E-state index in [2.05, 4.69) is 39.7 Å². The van der Waals surface area contributed by atoms with Gasteiger partial charge in [0.15, 0.2) is 5.96 Å². The lowest BCUT2D eigenvalue weighted by Crippen LogP contribution is -2.43. The zero-order valence-corrected chi connectivity index (χ0v) is 17.7. The highest BCUT2D eigenvalue weighted by atomic mass is 16.6. The predicted octanol–water partition coefficient (Wildman–Crippen LogP) is 1.51. The SMILES string of the molecule is CCc1nncn1CCNC(=NC)NCC(C)CN(C)C(=O)OC(C)(C)C. The molecule has 154 valence electrons. The Labute approximate surface area is 162 Å². The van der Waals surface area contributed by atoms with Crippen LogP contribution in [0.2, 0.25) is 0 Å². The van der Waals surface area contributed by atoms with Crippen LogP contribution in [0, 0.1) is 5.92 Å². The molecule has 1 atom stereocenters. The van der Waals surface area contributed by atoms with Crippen LogP contribution in [-0.2, 0) is 17.7 Å². The van der Waals surface area contributed by atoms with Gasteiger partial charge in [-0.15, -0.1) is 10.2 Å². The van der Waals surface area contributed by atoms with Gasteiger partial charge in [0.25, 0.3) is 0 Å². The number of nitrogens with one attached hydrogen (secondary N) is 2. The molecule has 0 saturated carbocycles. The maximum Gasteiger partial charge on any atom is 0.410 e. The molecule has 0 bridgehead atoms. The Kier molecular flexibility index (Phi) is 9.04. The lowest BCUT2D eigenvalue weighted by Gasteiger charge is -2.26. The molecule has 0 saturated heterocycles. The van der Waals surface area contributed by atoms with Crippen molar-refractivity contribution in [3.63, 3.8) is 0 Å². The summed E-state index contributed by atoms with van der Waals surface area (Å²) in [4.78, 5) is 17.9. The average Bonchev–Trinajstić information content (AvgIpc) is 3.03. The summed E-state index contributed by atoms with van der Waals surface area (Å²) in [7, 11) is 3.49. The highest BCUT2D eigenvalue weighted by Gasteiger charge is 2.20. The second-order valence-corrected chi connectivity index (χ2v) is 7.64. The minimum Gasteiger partial charge on any atom is -0.444 e. The molecule has 9 nitrogen and oxygen atoms in total. The number of nitrogens with zero attached hydrogens (tertiary/aromatic N) is 5. The lowest BCUT2D eigenvalue weighted by atomic mass is 10.1. The van der Waals surface area contributed by atoms with E-state index in [1.807, 2.05) is 25.3 Å². The fraction of sp³-hybridized carbons (Fsp3) is 0.778. The molecule has 1 heterocycles. The number of aliphatic imine (C=N–C) groups is 1. The second-order valence-electron chi connectivity index (χ2n) is 7.64. The molecule has 0 spiro atoms. The lowest BCUT2D eigenvalue weighted by molar-refractivity contribution is 0.0278. The quantitative estimate of drug-likeness (QED) is 0.523. The number of carbonyl (C=O) groups excluding carboxylic acids is 1. The van der Waals surface area contributed by atoms with Crippen molar-refractivity contribution < 1.29 is 9.53 Å². The number of aromatic nitrogens is 3. The predicted molar refractivity (Wildman–Crippen MR) is 107 cm³/mol. The van der Waals surface area contributed by atoms with Crippen LogP contribution in [0.4, 0.5) is 4.79 Å². The number of hydrogen-bond donors (Lipinski definition) is 2. The van der Waals surface area contributed by atoms with E-state index >= 15 is 0 Å². The van der Waals surface area contributed by atoms with E-state index in [0.717, 1.165) is 31.3 Å². The Morgan fingerprint density at radius 1 is 1.41 bits per heavy atom. The summed E-state index contributed by atoms with van der Waals surface area (Å²) in [6, 6.07) is 0. The van der Waals surface area contributed by atoms with Crippen LogP contribution in [0.15, 0.2) is 11.3 Å². The van der Waals surface area contributed by atoms with Crippen LogP contribution in [0.25, 0.3) is 0 Å². The molecular formula is C18H35N7O2. The second kappa shape index (κ2) is 10.7. The van der Waals surface area contributed by atoms with Crippen molar-refractivity contribution in [3.05, 3.63) is 12.2 Å². The standard InChI is InChI=1S/C18H35N7O2/c1-8-15-23-22-13-25(15)10-9-20-16(19-6)21-11-14(2)12-24(7)17(26)27-18(3,4)5/h13-14H,8-12H2,1-7H3,(H2,19,20,21). The molecule has 0 aliphatic heterocycles. The van der Waals surface area contributed by atoms with Gasteiger partial charge in [0.2, 0.25) is 0 Å². The summed E-state index contributed by atoms with van der Waals surface area (Å²) < 4.78 is 7.40. The highest BCUT2D eigenvalue weighted by Crippen LogP contribution is 2.10. The smallest absolute Gasteiger partial charge is 0.410 e. The van der Waals surface area contributed by atoms with E-state index in [0.29, 0.717) is 13.1 Å². The van der Waals surface area contributed by atoms with E-state index in [9.17, 15) is 4.79 Å². The van der Waals surface area contributed by atoms with E-state index in [1.165, 1.54) is 0 Å². The fourth-order valence-corrected chi connectivity index (χ4v) is 2.47. The van der Waals surface area contributed by atoms with E-state index in [-0.39, 0.29) is 12.0 Å². The van der Waals surface area contributed by atoms with Gasteiger partial charge < -0.3 is 24.8 Å². The molecule has 2 N–H and O–H groups in total. The van der Waals surface area contributed by atoms with Crippen LogP contribution in [0.5, 0.6) is 0 Å². The molecule has 9 heteroatoms. The van der Waals surface area contributed by atoms with Crippen molar-refractivity contribution in [2.75, 3.05) is 33.7 Å². The van der Waals surface area contributed by atoms with Crippen molar-refractivity contribution in [2.45, 2.75) is 53.2 Å². The molecule has 1 amide bonds. The first-order valence-corrected chi connectivity index (χ1v) is 9.41. The molecule has 1 rings (SSSR count). The zero-order chi connectivity index (χ0) is 20.4. The zero-order valence-electron chi connectivity index (χ0n) is 17.7. The summed E-state index contributed by atoms with van der Waals surface area (Å²) in [6.45, 7) is 12.5. The summed E-state index contributed by atoms with van der Waals surface area (Å²) in [5, 5.41) is 14.6. The first-order valence-electron chi connectivity index (χ1n) is 9.41. The molecule has 1 aromatic rings. The third-order valence-electron chi connectivity index (χ3n) is 3.79. The Morgan fingerprint density at radius 3 is 2.70 bits per heavy atom. The molecule has 0 radical (unpaired) electrons. The number of aryl methyl sites for hydroxylation is 1. The maximum absolute atomic E-state index is 12.0. The monoisotopic (exact) mass is 381 g/mol. The van der Waals surface area contributed by atoms with Crippen LogP contribution in [0.3, 0.4) is 0 Å². The summed E-state index contributed by atoms with van der Waals surface area (Å²) in [5.41, 5.74) is -0.485. The number of ether oxygens (including phenoxy) is 1. The molecule has 27 heavy (non-hydrogen) atoms. The molecule has 1 aromatic heterocycles. The number of guanidine groups is 1. The first kappa shape index (κ1) is 22.7. The maximum atomic E-state index is 12.0. The van der Waals surface area contributed by atoms with Crippen molar-refractivity contribution in [1.29, 1.82) is 0 Å². The molecule has 0 fully saturated rings. The highest BCUT2D eigenvalue weighted by molar-refractivity contribution is 5.79. The summed E-state index contributed by atoms with van der Waals surface area (Å²) in [6.07, 6.45) is 2.29. The van der Waals surface area contributed by atoms with E-state index in [1.54, 1.807) is 25.3 Å². The van der Waals surface area contributed by atoms with Crippen LogP contribution in [0.1, 0.15) is 40.4 Å². The number of rotatable bonds is 8. The first-order chi connectivity index (χ1) is 12.7. The van der Waals surface area contributed by atoms with Gasteiger partial charge in [0, 0.05) is 46.7 Å². The minimum atomic E-state index is -0.485. The Bertz CT molecular complexity index is 607. The third-order valence-corrected chi connectivity index (χ3v) is 3.79. The normalized spacial score (nSPS) is 13.2. The Morgan fingerprint density at radius 2 is 2.11 bits per heavy atom. The van der Waals surface area contributed by atoms with Gasteiger partial charge in [-0.2, -0.15) is 0 Å². The average molecular weight is 382 g/mol. The van der Waals surface area contributed by atoms with Crippen LogP contribution in [-0.4, -0.2) is 71.0 Å². The Hall–Kier alpha value is -2.32. The van der Waals surface area contributed by atoms with E-state index in [4.69, 9.17) is 4.74 Å². The third kappa shape index (κ3) is 8.74. The van der Waals surface area contributed by atoms with Crippen LogP contribution >= 0.6 is 0 Å². The van der Waals surface area contributed by atoms with Crippen molar-refractivity contribution in [3.8, 4) is 0 Å². The fourth-order valence-electron chi connectivity index (χ4n) is 2.47. The Balaban J connectivity index is 2.33. The van der Waals surface area contributed by atoms with Gasteiger partial charge in [-0.3, -0.25) is 4.99 Å². The van der Waals surface area contributed by atoms with Crippen LogP contribution < -0.4 is 10.6 Å². The summed E-state index contributed by atoms with van der Waals surface area (Å²) in [5.74, 6) is 1.94.